The summed E-state index contributed by atoms with van der Waals surface area (Å²) in [7, 11) is -3.75. The minimum absolute atomic E-state index is 0.0195. The fraction of sp³-hybridized carbons (Fsp3) is 0.364. The molecule has 0 unspecified atom stereocenters. The first-order valence-corrected chi connectivity index (χ1v) is 12.8. The Morgan fingerprint density at radius 3 is 2.53 bits per heavy atom. The summed E-state index contributed by atoms with van der Waals surface area (Å²) in [6, 6.07) is 12.4. The number of carbonyl (C=O) groups excluding carboxylic acids is 2. The number of hydrogen-bond acceptors (Lipinski definition) is 5. The monoisotopic (exact) mass is 477 g/mol. The first-order chi connectivity index (χ1) is 15.4. The van der Waals surface area contributed by atoms with Crippen LogP contribution in [0.4, 0.5) is 10.1 Å². The zero-order valence-electron chi connectivity index (χ0n) is 17.4. The molecule has 0 aliphatic carbocycles. The van der Waals surface area contributed by atoms with Gasteiger partial charge in [-0.25, -0.2) is 12.8 Å². The Balaban J connectivity index is 1.37. The molecular weight excluding hydrogens is 453 g/mol. The van der Waals surface area contributed by atoms with E-state index in [-0.39, 0.29) is 36.2 Å². The smallest absolute Gasteiger partial charge is 0.243 e. The lowest BCUT2D eigenvalue weighted by Gasteiger charge is -2.29. The van der Waals surface area contributed by atoms with E-state index in [0.29, 0.717) is 31.8 Å². The molecule has 0 bridgehead atoms. The van der Waals surface area contributed by atoms with Gasteiger partial charge in [0, 0.05) is 44.0 Å². The van der Waals surface area contributed by atoms with Crippen molar-refractivity contribution in [3.05, 3.63) is 54.3 Å². The highest BCUT2D eigenvalue weighted by Crippen LogP contribution is 2.35. The minimum Gasteiger partial charge on any atom is -0.341 e. The highest BCUT2D eigenvalue weighted by atomic mass is 32.2. The molecule has 2 amide bonds. The summed E-state index contributed by atoms with van der Waals surface area (Å²) in [6.45, 7) is 1.49. The summed E-state index contributed by atoms with van der Waals surface area (Å²) in [6.07, 6.45) is 0.684. The molecule has 7 nitrogen and oxygen atoms in total. The molecule has 0 radical (unpaired) electrons. The van der Waals surface area contributed by atoms with Gasteiger partial charge in [-0.15, -0.1) is 11.8 Å². The van der Waals surface area contributed by atoms with Crippen molar-refractivity contribution in [3.8, 4) is 0 Å². The van der Waals surface area contributed by atoms with E-state index in [1.54, 1.807) is 9.80 Å². The van der Waals surface area contributed by atoms with E-state index in [4.69, 9.17) is 0 Å². The van der Waals surface area contributed by atoms with Crippen LogP contribution in [0, 0.1) is 5.82 Å². The van der Waals surface area contributed by atoms with Crippen LogP contribution in [-0.2, 0) is 19.6 Å². The highest BCUT2D eigenvalue weighted by Gasteiger charge is 2.29. The van der Waals surface area contributed by atoms with E-state index in [2.05, 4.69) is 0 Å². The van der Waals surface area contributed by atoms with Gasteiger partial charge in [-0.3, -0.25) is 9.59 Å². The third-order valence-electron chi connectivity index (χ3n) is 5.62. The van der Waals surface area contributed by atoms with Crippen molar-refractivity contribution in [2.75, 3.05) is 43.4 Å². The van der Waals surface area contributed by atoms with E-state index in [1.807, 2.05) is 24.3 Å². The Labute approximate surface area is 191 Å². The maximum Gasteiger partial charge on any atom is 0.243 e. The number of hydrogen-bond donors (Lipinski definition) is 0. The molecule has 0 N–H and O–H groups in total. The standard InChI is InChI=1S/C22H24FN3O4S2/c23-17-6-8-18(9-7-17)32(29,30)25-12-3-11-24(14-15-25)21(27)10-13-26-19-4-1-2-5-20(19)31-16-22(26)28/h1-2,4-9H,3,10-16H2. The number of nitrogens with zero attached hydrogens (tertiary/aromatic N) is 3. The molecule has 2 aromatic rings. The predicted octanol–water partition coefficient (Wildman–Crippen LogP) is 2.58. The minimum atomic E-state index is -3.75. The summed E-state index contributed by atoms with van der Waals surface area (Å²) >= 11 is 1.50. The number of fused-ring (bicyclic) bond motifs is 1. The third-order valence-corrected chi connectivity index (χ3v) is 8.58. The number of halogens is 1. The Hall–Kier alpha value is -2.43. The van der Waals surface area contributed by atoms with Crippen molar-refractivity contribution < 1.29 is 22.4 Å². The van der Waals surface area contributed by atoms with Gasteiger partial charge in [0.15, 0.2) is 0 Å². The van der Waals surface area contributed by atoms with Gasteiger partial charge in [0.05, 0.1) is 16.3 Å². The van der Waals surface area contributed by atoms with Crippen LogP contribution >= 0.6 is 11.8 Å². The number of benzene rings is 2. The third kappa shape index (κ3) is 4.82. The quantitative estimate of drug-likeness (QED) is 0.662. The van der Waals surface area contributed by atoms with E-state index in [0.717, 1.165) is 22.7 Å². The maximum absolute atomic E-state index is 13.2. The Morgan fingerprint density at radius 1 is 1.00 bits per heavy atom. The van der Waals surface area contributed by atoms with Gasteiger partial charge in [0.2, 0.25) is 21.8 Å². The van der Waals surface area contributed by atoms with Gasteiger partial charge in [-0.1, -0.05) is 12.1 Å². The maximum atomic E-state index is 13.2. The van der Waals surface area contributed by atoms with Gasteiger partial charge >= 0.3 is 0 Å². The lowest BCUT2D eigenvalue weighted by Crippen LogP contribution is -2.41. The number of sulfonamides is 1. The molecule has 2 aliphatic rings. The van der Waals surface area contributed by atoms with Crippen LogP contribution in [-0.4, -0.2) is 67.9 Å². The van der Waals surface area contributed by atoms with Crippen LogP contribution < -0.4 is 4.90 Å². The molecule has 1 fully saturated rings. The molecule has 2 aromatic carbocycles. The SMILES string of the molecule is O=C(CCN1C(=O)CSc2ccccc21)N1CCCN(S(=O)(=O)c2ccc(F)cc2)CC1. The van der Waals surface area contributed by atoms with E-state index in [9.17, 15) is 22.4 Å². The number of rotatable bonds is 5. The van der Waals surface area contributed by atoms with Crippen LogP contribution in [0.2, 0.25) is 0 Å². The molecule has 1 saturated heterocycles. The van der Waals surface area contributed by atoms with Crippen LogP contribution in [0.25, 0.3) is 0 Å². The Morgan fingerprint density at radius 2 is 1.75 bits per heavy atom. The van der Waals surface area contributed by atoms with Gasteiger partial charge in [0.1, 0.15) is 5.82 Å². The molecule has 2 aliphatic heterocycles. The molecule has 0 saturated carbocycles. The first kappa shape index (κ1) is 22.8. The number of thioether (sulfide) groups is 1. The van der Waals surface area contributed by atoms with Crippen molar-refractivity contribution in [2.24, 2.45) is 0 Å². The van der Waals surface area contributed by atoms with E-state index < -0.39 is 15.8 Å². The Bertz CT molecular complexity index is 1110. The number of carbonyl (C=O) groups is 2. The molecule has 170 valence electrons. The van der Waals surface area contributed by atoms with Gasteiger partial charge in [-0.05, 0) is 42.8 Å². The van der Waals surface area contributed by atoms with Crippen LogP contribution in [0.5, 0.6) is 0 Å². The molecule has 4 rings (SSSR count). The summed E-state index contributed by atoms with van der Waals surface area (Å²) < 4.78 is 40.2. The van der Waals surface area contributed by atoms with Crippen molar-refractivity contribution in [1.29, 1.82) is 0 Å². The van der Waals surface area contributed by atoms with Crippen molar-refractivity contribution in [2.45, 2.75) is 22.6 Å². The molecule has 0 atom stereocenters. The zero-order valence-corrected chi connectivity index (χ0v) is 19.1. The highest BCUT2D eigenvalue weighted by molar-refractivity contribution is 8.00. The molecular formula is C22H24FN3O4S2. The van der Waals surface area contributed by atoms with E-state index >= 15 is 0 Å². The largest absolute Gasteiger partial charge is 0.341 e. The molecule has 2 heterocycles. The van der Waals surface area contributed by atoms with Crippen LogP contribution in [0.1, 0.15) is 12.8 Å². The first-order valence-electron chi connectivity index (χ1n) is 10.4. The lowest BCUT2D eigenvalue weighted by atomic mass is 10.2. The number of amides is 2. The fourth-order valence-corrected chi connectivity index (χ4v) is 6.31. The lowest BCUT2D eigenvalue weighted by molar-refractivity contribution is -0.130. The topological polar surface area (TPSA) is 78.0 Å². The summed E-state index contributed by atoms with van der Waals surface area (Å²) in [4.78, 5) is 29.6. The second-order valence-electron chi connectivity index (χ2n) is 7.64. The molecule has 0 aromatic heterocycles. The zero-order chi connectivity index (χ0) is 22.7. The fourth-order valence-electron chi connectivity index (χ4n) is 3.90. The van der Waals surface area contributed by atoms with Crippen LogP contribution in [0.3, 0.4) is 0 Å². The average Bonchev–Trinajstić information content (AvgIpc) is 3.05. The van der Waals surface area contributed by atoms with E-state index in [1.165, 1.54) is 28.2 Å². The van der Waals surface area contributed by atoms with Crippen molar-refractivity contribution in [1.82, 2.24) is 9.21 Å². The van der Waals surface area contributed by atoms with Gasteiger partial charge in [-0.2, -0.15) is 4.31 Å². The number of anilines is 1. The molecule has 10 heteroatoms. The summed E-state index contributed by atoms with van der Waals surface area (Å²) in [5.74, 6) is -0.265. The Kier molecular flexibility index (Phi) is 6.82. The second kappa shape index (κ2) is 9.60. The molecule has 32 heavy (non-hydrogen) atoms. The normalized spacial score (nSPS) is 17.7. The number of para-hydroxylation sites is 1. The molecule has 0 spiro atoms. The van der Waals surface area contributed by atoms with Crippen molar-refractivity contribution >= 4 is 39.3 Å². The second-order valence-corrected chi connectivity index (χ2v) is 10.6. The predicted molar refractivity (Wildman–Crippen MR) is 120 cm³/mol. The summed E-state index contributed by atoms with van der Waals surface area (Å²) in [5.41, 5.74) is 0.828. The van der Waals surface area contributed by atoms with Gasteiger partial charge < -0.3 is 9.80 Å². The summed E-state index contributed by atoms with van der Waals surface area (Å²) in [5, 5.41) is 0. The van der Waals surface area contributed by atoms with Gasteiger partial charge in [0.25, 0.3) is 0 Å². The average molecular weight is 478 g/mol. The van der Waals surface area contributed by atoms with Crippen molar-refractivity contribution in [3.63, 3.8) is 0 Å². The van der Waals surface area contributed by atoms with Crippen LogP contribution in [0.15, 0.2) is 58.3 Å².